The van der Waals surface area contributed by atoms with Crippen LogP contribution in [0, 0.1) is 0 Å². The first kappa shape index (κ1) is 24.7. The van der Waals surface area contributed by atoms with Crippen LogP contribution in [0.25, 0.3) is 16.8 Å². The number of carbonyl (C=O) groups excluding carboxylic acids is 1. The fraction of sp³-hybridized carbons (Fsp3) is 0.385. The van der Waals surface area contributed by atoms with E-state index in [0.717, 1.165) is 29.9 Å². The number of nitrogens with zero attached hydrogens (tertiary/aromatic N) is 2. The second-order valence-electron chi connectivity index (χ2n) is 7.97. The Kier molecular flexibility index (Phi) is 8.72. The zero-order valence-corrected chi connectivity index (χ0v) is 19.8. The molecule has 35 heavy (non-hydrogen) atoms. The molecule has 186 valence electrons. The summed E-state index contributed by atoms with van der Waals surface area (Å²) in [7, 11) is 0. The summed E-state index contributed by atoms with van der Waals surface area (Å²) in [6, 6.07) is 15.5. The Balaban J connectivity index is 1.50. The van der Waals surface area contributed by atoms with Gasteiger partial charge in [-0.2, -0.15) is 5.10 Å². The number of carbonyl (C=O) groups is 1. The second kappa shape index (κ2) is 12.3. The highest BCUT2D eigenvalue weighted by Crippen LogP contribution is 2.27. The lowest BCUT2D eigenvalue weighted by atomic mass is 10.1. The van der Waals surface area contributed by atoms with Crippen molar-refractivity contribution in [2.45, 2.75) is 19.4 Å². The van der Waals surface area contributed by atoms with Gasteiger partial charge in [0.15, 0.2) is 0 Å². The van der Waals surface area contributed by atoms with Crippen molar-refractivity contribution in [2.24, 2.45) is 0 Å². The van der Waals surface area contributed by atoms with E-state index in [1.54, 1.807) is 11.6 Å². The van der Waals surface area contributed by atoms with Gasteiger partial charge in [-0.05, 0) is 42.3 Å². The zero-order valence-electron chi connectivity index (χ0n) is 19.8. The number of aliphatic hydroxyl groups excluding tert-OH is 1. The third-order valence-electron chi connectivity index (χ3n) is 5.56. The van der Waals surface area contributed by atoms with E-state index < -0.39 is 5.97 Å². The Morgan fingerprint density at radius 1 is 1.11 bits per heavy atom. The van der Waals surface area contributed by atoms with Crippen molar-refractivity contribution in [3.05, 3.63) is 60.3 Å². The molecule has 0 bridgehead atoms. The molecule has 0 saturated carbocycles. The third-order valence-corrected chi connectivity index (χ3v) is 5.56. The molecule has 9 nitrogen and oxygen atoms in total. The van der Waals surface area contributed by atoms with Crippen molar-refractivity contribution in [3.63, 3.8) is 0 Å². The lowest BCUT2D eigenvalue weighted by Gasteiger charge is -2.23. The van der Waals surface area contributed by atoms with E-state index in [4.69, 9.17) is 24.1 Å². The summed E-state index contributed by atoms with van der Waals surface area (Å²) in [5.41, 5.74) is 3.10. The molecule has 1 unspecified atom stereocenters. The first-order chi connectivity index (χ1) is 17.2. The maximum atomic E-state index is 12.5. The van der Waals surface area contributed by atoms with Gasteiger partial charge in [0.2, 0.25) is 5.88 Å². The Bertz CT molecular complexity index is 1080. The summed E-state index contributed by atoms with van der Waals surface area (Å²) in [5, 5.41) is 16.6. The quantitative estimate of drug-likeness (QED) is 0.403. The maximum Gasteiger partial charge on any atom is 0.345 e. The van der Waals surface area contributed by atoms with Crippen LogP contribution in [0.2, 0.25) is 0 Å². The van der Waals surface area contributed by atoms with Gasteiger partial charge in [-0.3, -0.25) is 0 Å². The van der Waals surface area contributed by atoms with E-state index in [1.807, 2.05) is 48.5 Å². The van der Waals surface area contributed by atoms with Crippen LogP contribution in [-0.4, -0.2) is 73.1 Å². The molecule has 1 aliphatic heterocycles. The first-order valence-electron chi connectivity index (χ1n) is 11.8. The van der Waals surface area contributed by atoms with Gasteiger partial charge in [0.05, 0.1) is 44.4 Å². The molecule has 3 aromatic rings. The van der Waals surface area contributed by atoms with Crippen LogP contribution in [0.5, 0.6) is 11.6 Å². The molecule has 1 atom stereocenters. The minimum atomic E-state index is -0.468. The van der Waals surface area contributed by atoms with Crippen molar-refractivity contribution >= 4 is 5.97 Å². The number of aliphatic hydroxyl groups is 1. The van der Waals surface area contributed by atoms with Crippen LogP contribution in [-0.2, 0) is 9.47 Å². The van der Waals surface area contributed by atoms with Gasteiger partial charge < -0.3 is 29.4 Å². The van der Waals surface area contributed by atoms with Crippen molar-refractivity contribution in [1.29, 1.82) is 0 Å². The van der Waals surface area contributed by atoms with Gasteiger partial charge in [-0.1, -0.05) is 24.3 Å². The van der Waals surface area contributed by atoms with Crippen molar-refractivity contribution in [2.75, 3.05) is 46.1 Å². The molecule has 1 aromatic heterocycles. The molecular weight excluding hydrogens is 450 g/mol. The minimum absolute atomic E-state index is 0.0220. The Labute approximate surface area is 204 Å². The fourth-order valence-electron chi connectivity index (χ4n) is 3.80. The fourth-order valence-corrected chi connectivity index (χ4v) is 3.80. The van der Waals surface area contributed by atoms with Gasteiger partial charge >= 0.3 is 5.97 Å². The number of nitrogens with one attached hydrogen (secondary N) is 1. The number of benzene rings is 2. The number of hydrogen-bond acceptors (Lipinski definition) is 8. The van der Waals surface area contributed by atoms with Crippen LogP contribution in [0.4, 0.5) is 0 Å². The number of hydrogen-bond donors (Lipinski definition) is 2. The van der Waals surface area contributed by atoms with E-state index in [1.165, 1.54) is 6.20 Å². The third kappa shape index (κ3) is 6.39. The van der Waals surface area contributed by atoms with Crippen molar-refractivity contribution in [1.82, 2.24) is 15.1 Å². The smallest absolute Gasteiger partial charge is 0.345 e. The lowest BCUT2D eigenvalue weighted by molar-refractivity contribution is 0.0153. The summed E-state index contributed by atoms with van der Waals surface area (Å²) >= 11 is 0. The average Bonchev–Trinajstić information content (AvgIpc) is 3.32. The highest BCUT2D eigenvalue weighted by molar-refractivity contribution is 5.92. The molecule has 0 radical (unpaired) electrons. The van der Waals surface area contributed by atoms with E-state index in [9.17, 15) is 4.79 Å². The van der Waals surface area contributed by atoms with E-state index in [2.05, 4.69) is 10.4 Å². The Morgan fingerprint density at radius 3 is 2.51 bits per heavy atom. The van der Waals surface area contributed by atoms with Crippen LogP contribution >= 0.6 is 0 Å². The van der Waals surface area contributed by atoms with Crippen LogP contribution < -0.4 is 14.8 Å². The average molecular weight is 482 g/mol. The normalized spacial score (nSPS) is 15.5. The summed E-state index contributed by atoms with van der Waals surface area (Å²) in [4.78, 5) is 12.5. The maximum absolute atomic E-state index is 12.5. The summed E-state index contributed by atoms with van der Waals surface area (Å²) in [6.07, 6.45) is 2.24. The summed E-state index contributed by atoms with van der Waals surface area (Å²) in [5.74, 6) is 0.591. The summed E-state index contributed by atoms with van der Waals surface area (Å²) in [6.45, 7) is 4.98. The number of aromatic nitrogens is 2. The molecule has 1 fully saturated rings. The number of ether oxygens (including phenoxy) is 4. The van der Waals surface area contributed by atoms with Crippen LogP contribution in [0.15, 0.2) is 54.7 Å². The zero-order chi connectivity index (χ0) is 24.5. The first-order valence-corrected chi connectivity index (χ1v) is 11.8. The van der Waals surface area contributed by atoms with Crippen LogP contribution in [0.1, 0.15) is 23.7 Å². The predicted molar refractivity (Wildman–Crippen MR) is 130 cm³/mol. The number of morpholine rings is 1. The Hall–Kier alpha value is -3.40. The molecule has 1 aliphatic rings. The molecule has 0 spiro atoms. The van der Waals surface area contributed by atoms with Gasteiger partial charge in [0, 0.05) is 19.5 Å². The Morgan fingerprint density at radius 2 is 1.86 bits per heavy atom. The summed E-state index contributed by atoms with van der Waals surface area (Å²) < 4.78 is 24.0. The van der Waals surface area contributed by atoms with Gasteiger partial charge in [-0.15, -0.1) is 0 Å². The molecule has 2 N–H and O–H groups in total. The molecule has 1 saturated heterocycles. The van der Waals surface area contributed by atoms with E-state index in [-0.39, 0.29) is 31.5 Å². The van der Waals surface area contributed by atoms with Crippen molar-refractivity contribution < 1.29 is 28.8 Å². The monoisotopic (exact) mass is 481 g/mol. The topological polar surface area (TPSA) is 104 Å². The van der Waals surface area contributed by atoms with E-state index in [0.29, 0.717) is 31.3 Å². The van der Waals surface area contributed by atoms with Gasteiger partial charge in [0.25, 0.3) is 0 Å². The van der Waals surface area contributed by atoms with Crippen LogP contribution in [0.3, 0.4) is 0 Å². The largest absolute Gasteiger partial charge is 0.491 e. The number of esters is 1. The predicted octanol–water partition coefficient (Wildman–Crippen LogP) is 2.84. The SMILES string of the molecule is CCOC(=O)c1cnn(-c2ccc(-c3ccc(OCCO)cc3)cc2)c1OCCC1CNCCO1. The van der Waals surface area contributed by atoms with Gasteiger partial charge in [-0.25, -0.2) is 9.48 Å². The molecule has 2 aromatic carbocycles. The number of rotatable bonds is 11. The van der Waals surface area contributed by atoms with Gasteiger partial charge in [0.1, 0.15) is 17.9 Å². The molecule has 2 heterocycles. The minimum Gasteiger partial charge on any atom is -0.491 e. The molecule has 9 heteroatoms. The lowest BCUT2D eigenvalue weighted by Crippen LogP contribution is -2.39. The van der Waals surface area contributed by atoms with Crippen molar-refractivity contribution in [3.8, 4) is 28.4 Å². The highest BCUT2D eigenvalue weighted by atomic mass is 16.5. The standard InChI is InChI=1S/C26H31N3O6/c1-2-32-26(31)24-18-28-29(25(24)35-14-11-23-17-27-12-15-33-23)21-7-3-19(4-8-21)20-5-9-22(10-6-20)34-16-13-30/h3-10,18,23,27,30H,2,11-17H2,1H3. The second-order valence-corrected chi connectivity index (χ2v) is 7.97. The van der Waals surface area contributed by atoms with E-state index >= 15 is 0 Å². The molecule has 0 amide bonds. The molecule has 0 aliphatic carbocycles. The highest BCUT2D eigenvalue weighted by Gasteiger charge is 2.22. The molecule has 4 rings (SSSR count). The molecular formula is C26H31N3O6.